The molecule has 0 aliphatic rings. The fourth-order valence-electron chi connectivity index (χ4n) is 2.23. The van der Waals surface area contributed by atoms with Crippen molar-refractivity contribution in [2.45, 2.75) is 38.7 Å². The van der Waals surface area contributed by atoms with Gasteiger partial charge in [-0.2, -0.15) is 0 Å². The second kappa shape index (κ2) is 6.92. The highest BCUT2D eigenvalue weighted by Gasteiger charge is 2.11. The third-order valence-electron chi connectivity index (χ3n) is 3.68. The normalized spacial score (nSPS) is 11.9. The van der Waals surface area contributed by atoms with E-state index >= 15 is 0 Å². The molecule has 0 atom stereocenters. The van der Waals surface area contributed by atoms with Gasteiger partial charge in [0.15, 0.2) is 0 Å². The number of nitrogens with zero attached hydrogens (tertiary/aromatic N) is 3. The van der Waals surface area contributed by atoms with E-state index in [0.29, 0.717) is 11.9 Å². The van der Waals surface area contributed by atoms with Crippen LogP contribution in [0.3, 0.4) is 0 Å². The van der Waals surface area contributed by atoms with Gasteiger partial charge in [0.2, 0.25) is 0 Å². The Balaban J connectivity index is 2.17. The van der Waals surface area contributed by atoms with E-state index in [9.17, 15) is 0 Å². The fourth-order valence-corrected chi connectivity index (χ4v) is 2.79. The molecule has 2 rings (SSSR count). The topological polar surface area (TPSA) is 21.1 Å². The lowest BCUT2D eigenvalue weighted by Gasteiger charge is -2.21. The van der Waals surface area contributed by atoms with E-state index < -0.39 is 0 Å². The van der Waals surface area contributed by atoms with Crippen LogP contribution in [0.25, 0.3) is 11.0 Å². The summed E-state index contributed by atoms with van der Waals surface area (Å²) in [6.45, 7) is 6.46. The third kappa shape index (κ3) is 3.54. The quantitative estimate of drug-likeness (QED) is 0.719. The summed E-state index contributed by atoms with van der Waals surface area (Å²) in [5.74, 6) is 1.40. The van der Waals surface area contributed by atoms with Crippen molar-refractivity contribution in [1.29, 1.82) is 0 Å². The van der Waals surface area contributed by atoms with Crippen LogP contribution < -0.4 is 0 Å². The molecule has 0 fully saturated rings. The maximum Gasteiger partial charge on any atom is 0.124 e. The highest BCUT2D eigenvalue weighted by molar-refractivity contribution is 9.10. The second-order valence-corrected chi connectivity index (χ2v) is 6.56. The summed E-state index contributed by atoms with van der Waals surface area (Å²) in [4.78, 5) is 6.96. The van der Waals surface area contributed by atoms with E-state index in [4.69, 9.17) is 11.6 Å². The Morgan fingerprint density at radius 1 is 1.40 bits per heavy atom. The molecule has 0 saturated heterocycles. The maximum atomic E-state index is 6.03. The number of hydrogen-bond acceptors (Lipinski definition) is 2. The molecule has 0 bridgehead atoms. The van der Waals surface area contributed by atoms with Crippen LogP contribution in [-0.4, -0.2) is 34.1 Å². The van der Waals surface area contributed by atoms with E-state index in [-0.39, 0.29) is 0 Å². The Bertz CT molecular complexity index is 580. The number of benzene rings is 1. The van der Waals surface area contributed by atoms with Gasteiger partial charge in [-0.05, 0) is 52.1 Å². The SMILES string of the molecule is CC(C)N(C)CCCn1c(CCl)nc2ccc(Br)cc21. The van der Waals surface area contributed by atoms with Crippen LogP contribution in [0.1, 0.15) is 26.1 Å². The van der Waals surface area contributed by atoms with Crippen molar-refractivity contribution in [3.63, 3.8) is 0 Å². The Kier molecular flexibility index (Phi) is 5.47. The number of alkyl halides is 1. The second-order valence-electron chi connectivity index (χ2n) is 5.37. The maximum absolute atomic E-state index is 6.03. The highest BCUT2D eigenvalue weighted by Crippen LogP contribution is 2.22. The lowest BCUT2D eigenvalue weighted by Crippen LogP contribution is -2.28. The van der Waals surface area contributed by atoms with Gasteiger partial charge in [0.1, 0.15) is 5.82 Å². The van der Waals surface area contributed by atoms with Gasteiger partial charge in [-0.3, -0.25) is 0 Å². The van der Waals surface area contributed by atoms with Gasteiger partial charge in [0, 0.05) is 17.1 Å². The van der Waals surface area contributed by atoms with Crippen molar-refractivity contribution in [3.05, 3.63) is 28.5 Å². The van der Waals surface area contributed by atoms with E-state index in [1.165, 1.54) is 0 Å². The molecule has 1 aromatic carbocycles. The monoisotopic (exact) mass is 357 g/mol. The largest absolute Gasteiger partial charge is 0.327 e. The Morgan fingerprint density at radius 2 is 2.15 bits per heavy atom. The number of fused-ring (bicyclic) bond motifs is 1. The molecule has 0 aliphatic carbocycles. The first-order chi connectivity index (χ1) is 9.52. The van der Waals surface area contributed by atoms with Crippen molar-refractivity contribution in [1.82, 2.24) is 14.5 Å². The van der Waals surface area contributed by atoms with Crippen LogP contribution in [0.15, 0.2) is 22.7 Å². The van der Waals surface area contributed by atoms with Gasteiger partial charge < -0.3 is 9.47 Å². The summed E-state index contributed by atoms with van der Waals surface area (Å²) < 4.78 is 3.31. The zero-order valence-electron chi connectivity index (χ0n) is 12.2. The summed E-state index contributed by atoms with van der Waals surface area (Å²) >= 11 is 9.56. The standard InChI is InChI=1S/C15H21BrClN3/c1-11(2)19(3)7-4-8-20-14-9-12(16)5-6-13(14)18-15(20)10-17/h5-6,9,11H,4,7-8,10H2,1-3H3. The predicted octanol–water partition coefficient (Wildman–Crippen LogP) is 4.27. The van der Waals surface area contributed by atoms with E-state index in [2.05, 4.69) is 57.3 Å². The Morgan fingerprint density at radius 3 is 2.80 bits per heavy atom. The first kappa shape index (κ1) is 15.8. The van der Waals surface area contributed by atoms with E-state index in [1.54, 1.807) is 0 Å². The van der Waals surface area contributed by atoms with E-state index in [0.717, 1.165) is 40.8 Å². The minimum Gasteiger partial charge on any atom is -0.327 e. The average molecular weight is 359 g/mol. The van der Waals surface area contributed by atoms with Gasteiger partial charge in [-0.25, -0.2) is 4.98 Å². The number of rotatable bonds is 6. The molecule has 0 spiro atoms. The first-order valence-electron chi connectivity index (χ1n) is 6.93. The Hall–Kier alpha value is -0.580. The molecule has 0 unspecified atom stereocenters. The summed E-state index contributed by atoms with van der Waals surface area (Å²) in [6.07, 6.45) is 1.09. The minimum atomic E-state index is 0.451. The minimum absolute atomic E-state index is 0.451. The molecule has 0 N–H and O–H groups in total. The van der Waals surface area contributed by atoms with Gasteiger partial charge in [0.25, 0.3) is 0 Å². The Labute approximate surface area is 134 Å². The lowest BCUT2D eigenvalue weighted by molar-refractivity contribution is 0.265. The molecule has 0 amide bonds. The van der Waals surface area contributed by atoms with Crippen molar-refractivity contribution < 1.29 is 0 Å². The molecule has 1 heterocycles. The smallest absolute Gasteiger partial charge is 0.124 e. The van der Waals surface area contributed by atoms with Gasteiger partial charge >= 0.3 is 0 Å². The van der Waals surface area contributed by atoms with Crippen molar-refractivity contribution in [2.75, 3.05) is 13.6 Å². The summed E-state index contributed by atoms with van der Waals surface area (Å²) in [5.41, 5.74) is 2.17. The highest BCUT2D eigenvalue weighted by atomic mass is 79.9. The third-order valence-corrected chi connectivity index (χ3v) is 4.42. The first-order valence-corrected chi connectivity index (χ1v) is 8.26. The van der Waals surface area contributed by atoms with Gasteiger partial charge in [-0.15, -0.1) is 11.6 Å². The number of imidazole rings is 1. The number of aromatic nitrogens is 2. The molecule has 1 aromatic heterocycles. The zero-order valence-corrected chi connectivity index (χ0v) is 14.6. The summed E-state index contributed by atoms with van der Waals surface area (Å²) in [5, 5.41) is 0. The number of aryl methyl sites for hydroxylation is 1. The molecule has 20 heavy (non-hydrogen) atoms. The van der Waals surface area contributed by atoms with E-state index in [1.807, 2.05) is 12.1 Å². The molecule has 2 aromatic rings. The fraction of sp³-hybridized carbons (Fsp3) is 0.533. The summed E-state index contributed by atoms with van der Waals surface area (Å²) in [6, 6.07) is 6.75. The predicted molar refractivity (Wildman–Crippen MR) is 89.4 cm³/mol. The van der Waals surface area contributed by atoms with Crippen molar-refractivity contribution in [2.24, 2.45) is 0 Å². The molecule has 110 valence electrons. The molecular formula is C15H21BrClN3. The van der Waals surface area contributed by atoms with Crippen LogP contribution in [0, 0.1) is 0 Å². The number of halogens is 2. The van der Waals surface area contributed by atoms with Gasteiger partial charge in [-0.1, -0.05) is 15.9 Å². The number of hydrogen-bond donors (Lipinski definition) is 0. The van der Waals surface area contributed by atoms with Crippen molar-refractivity contribution in [3.8, 4) is 0 Å². The van der Waals surface area contributed by atoms with Crippen LogP contribution >= 0.6 is 27.5 Å². The van der Waals surface area contributed by atoms with Crippen LogP contribution in [0.5, 0.6) is 0 Å². The zero-order chi connectivity index (χ0) is 14.7. The molecular weight excluding hydrogens is 338 g/mol. The molecule has 0 saturated carbocycles. The molecule has 5 heteroatoms. The molecule has 0 radical (unpaired) electrons. The molecule has 0 aliphatic heterocycles. The van der Waals surface area contributed by atoms with Crippen molar-refractivity contribution >= 4 is 38.6 Å². The van der Waals surface area contributed by atoms with Gasteiger partial charge in [0.05, 0.1) is 16.9 Å². The lowest BCUT2D eigenvalue weighted by atomic mass is 10.3. The average Bonchev–Trinajstić information content (AvgIpc) is 2.76. The summed E-state index contributed by atoms with van der Waals surface area (Å²) in [7, 11) is 2.16. The van der Waals surface area contributed by atoms with Crippen LogP contribution in [0.4, 0.5) is 0 Å². The van der Waals surface area contributed by atoms with Crippen LogP contribution in [0.2, 0.25) is 0 Å². The molecule has 3 nitrogen and oxygen atoms in total. The van der Waals surface area contributed by atoms with Crippen LogP contribution in [-0.2, 0) is 12.4 Å².